The molecule has 0 aliphatic carbocycles. The van der Waals surface area contributed by atoms with Crippen molar-refractivity contribution < 1.29 is 18.0 Å². The van der Waals surface area contributed by atoms with Crippen LogP contribution < -0.4 is 5.06 Å². The summed E-state index contributed by atoms with van der Waals surface area (Å²) in [5, 5.41) is 2.72. The Morgan fingerprint density at radius 2 is 2.20 bits per heavy atom. The summed E-state index contributed by atoms with van der Waals surface area (Å²) in [6.07, 6.45) is -2.51. The van der Waals surface area contributed by atoms with E-state index in [9.17, 15) is 13.2 Å². The van der Waals surface area contributed by atoms with Gasteiger partial charge in [-0.15, -0.1) is 11.3 Å². The molecule has 0 saturated carbocycles. The summed E-state index contributed by atoms with van der Waals surface area (Å²) < 4.78 is 36.8. The Morgan fingerprint density at radius 1 is 1.40 bits per heavy atom. The molecule has 0 spiro atoms. The largest absolute Gasteiger partial charge is 0.434 e. The maximum atomic E-state index is 12.3. The number of hydrogen-bond donors (Lipinski definition) is 0. The van der Waals surface area contributed by atoms with Crippen LogP contribution in [0.1, 0.15) is 18.5 Å². The summed E-state index contributed by atoms with van der Waals surface area (Å²) in [7, 11) is 0. The fourth-order valence-corrected chi connectivity index (χ4v) is 2.07. The quantitative estimate of drug-likeness (QED) is 0.752. The lowest BCUT2D eigenvalue weighted by Crippen LogP contribution is -2.29. The second kappa shape index (κ2) is 3.97. The predicted molar refractivity (Wildman–Crippen MR) is 49.6 cm³/mol. The van der Waals surface area contributed by atoms with Gasteiger partial charge in [0.15, 0.2) is 5.69 Å². The monoisotopic (exact) mass is 238 g/mol. The van der Waals surface area contributed by atoms with E-state index in [4.69, 9.17) is 4.84 Å². The summed E-state index contributed by atoms with van der Waals surface area (Å²) in [6.45, 7) is 1.14. The molecule has 0 aromatic carbocycles. The highest BCUT2D eigenvalue weighted by atomic mass is 32.1. The number of anilines is 1. The Hall–Kier alpha value is -0.820. The summed E-state index contributed by atoms with van der Waals surface area (Å²) in [6, 6.07) is 0. The van der Waals surface area contributed by atoms with E-state index in [1.807, 2.05) is 0 Å². The number of hydrogen-bond acceptors (Lipinski definition) is 4. The minimum Gasteiger partial charge on any atom is -0.271 e. The van der Waals surface area contributed by atoms with E-state index in [2.05, 4.69) is 4.98 Å². The van der Waals surface area contributed by atoms with E-state index in [0.717, 1.165) is 29.6 Å². The Balaban J connectivity index is 2.12. The third kappa shape index (κ3) is 2.40. The third-order valence-corrected chi connectivity index (χ3v) is 2.85. The molecule has 0 unspecified atom stereocenters. The zero-order valence-corrected chi connectivity index (χ0v) is 8.57. The van der Waals surface area contributed by atoms with Gasteiger partial charge >= 0.3 is 6.18 Å². The van der Waals surface area contributed by atoms with Crippen molar-refractivity contribution >= 4 is 16.5 Å². The number of nitrogens with zero attached hydrogens (tertiary/aromatic N) is 2. The van der Waals surface area contributed by atoms with Crippen LogP contribution in [0.25, 0.3) is 0 Å². The molecule has 15 heavy (non-hydrogen) atoms. The van der Waals surface area contributed by atoms with Crippen molar-refractivity contribution in [2.75, 3.05) is 18.2 Å². The maximum absolute atomic E-state index is 12.3. The van der Waals surface area contributed by atoms with Crippen LogP contribution in [0.3, 0.4) is 0 Å². The predicted octanol–water partition coefficient (Wildman–Crippen LogP) is 2.69. The molecule has 1 aromatic heterocycles. The van der Waals surface area contributed by atoms with Gasteiger partial charge in [-0.05, 0) is 12.8 Å². The minimum absolute atomic E-state index is 0.280. The summed E-state index contributed by atoms with van der Waals surface area (Å²) in [5.41, 5.74) is -0.850. The van der Waals surface area contributed by atoms with E-state index in [-0.39, 0.29) is 5.13 Å². The van der Waals surface area contributed by atoms with Gasteiger partial charge in [0.2, 0.25) is 5.13 Å². The third-order valence-electron chi connectivity index (χ3n) is 2.00. The number of alkyl halides is 3. The van der Waals surface area contributed by atoms with Crippen LogP contribution in [0.5, 0.6) is 0 Å². The first kappa shape index (κ1) is 10.7. The zero-order chi connectivity index (χ0) is 10.9. The van der Waals surface area contributed by atoms with Crippen molar-refractivity contribution in [3.63, 3.8) is 0 Å². The lowest BCUT2D eigenvalue weighted by atomic mass is 10.3. The summed E-state index contributed by atoms with van der Waals surface area (Å²) >= 11 is 0.953. The fourth-order valence-electron chi connectivity index (χ4n) is 1.26. The van der Waals surface area contributed by atoms with E-state index in [0.29, 0.717) is 13.2 Å². The van der Waals surface area contributed by atoms with Gasteiger partial charge in [0.1, 0.15) is 0 Å². The van der Waals surface area contributed by atoms with Crippen LogP contribution in [-0.4, -0.2) is 18.1 Å². The molecule has 3 nitrogen and oxygen atoms in total. The molecule has 0 atom stereocenters. The molecular formula is C8H9F3N2OS. The summed E-state index contributed by atoms with van der Waals surface area (Å²) in [5.74, 6) is 0. The van der Waals surface area contributed by atoms with Gasteiger partial charge in [-0.3, -0.25) is 4.84 Å². The first-order valence-electron chi connectivity index (χ1n) is 4.50. The van der Waals surface area contributed by atoms with Crippen molar-refractivity contribution in [3.8, 4) is 0 Å². The van der Waals surface area contributed by atoms with Crippen molar-refractivity contribution in [2.24, 2.45) is 0 Å². The van der Waals surface area contributed by atoms with Crippen molar-refractivity contribution in [1.29, 1.82) is 0 Å². The van der Waals surface area contributed by atoms with Gasteiger partial charge < -0.3 is 0 Å². The van der Waals surface area contributed by atoms with Gasteiger partial charge in [-0.1, -0.05) is 0 Å². The molecule has 1 aliphatic heterocycles. The van der Waals surface area contributed by atoms with E-state index in [1.54, 1.807) is 0 Å². The van der Waals surface area contributed by atoms with Crippen LogP contribution in [0.4, 0.5) is 18.3 Å². The SMILES string of the molecule is FC(F)(F)c1csc(N2CCCCO2)n1. The number of hydroxylamine groups is 1. The number of halogens is 3. The Kier molecular flexibility index (Phi) is 2.83. The smallest absolute Gasteiger partial charge is 0.271 e. The zero-order valence-electron chi connectivity index (χ0n) is 7.75. The van der Waals surface area contributed by atoms with Gasteiger partial charge in [0, 0.05) is 11.9 Å². The van der Waals surface area contributed by atoms with E-state index in [1.165, 1.54) is 5.06 Å². The Labute approximate surface area is 88.4 Å². The van der Waals surface area contributed by atoms with Crippen LogP contribution in [0.15, 0.2) is 5.38 Å². The maximum Gasteiger partial charge on any atom is 0.434 e. The van der Waals surface area contributed by atoms with Crippen LogP contribution in [0, 0.1) is 0 Å². The molecule has 0 bridgehead atoms. The minimum atomic E-state index is -4.37. The molecule has 1 saturated heterocycles. The molecule has 1 aromatic rings. The molecule has 0 amide bonds. The highest BCUT2D eigenvalue weighted by Gasteiger charge is 2.34. The number of aromatic nitrogens is 1. The average molecular weight is 238 g/mol. The van der Waals surface area contributed by atoms with Gasteiger partial charge in [0.25, 0.3) is 0 Å². The van der Waals surface area contributed by atoms with Gasteiger partial charge in [-0.25, -0.2) is 10.0 Å². The van der Waals surface area contributed by atoms with Crippen LogP contribution >= 0.6 is 11.3 Å². The first-order valence-corrected chi connectivity index (χ1v) is 5.38. The van der Waals surface area contributed by atoms with E-state index < -0.39 is 11.9 Å². The highest BCUT2D eigenvalue weighted by molar-refractivity contribution is 7.13. The lowest BCUT2D eigenvalue weighted by Gasteiger charge is -2.24. The van der Waals surface area contributed by atoms with Gasteiger partial charge in [0.05, 0.1) is 6.61 Å². The van der Waals surface area contributed by atoms with Gasteiger partial charge in [-0.2, -0.15) is 13.2 Å². The van der Waals surface area contributed by atoms with Crippen molar-refractivity contribution in [1.82, 2.24) is 4.98 Å². The Bertz CT molecular complexity index is 333. The first-order chi connectivity index (χ1) is 7.07. The second-order valence-corrected chi connectivity index (χ2v) is 3.99. The molecule has 0 N–H and O–H groups in total. The number of thiazole rings is 1. The molecule has 84 valence electrons. The van der Waals surface area contributed by atoms with Crippen LogP contribution in [0.2, 0.25) is 0 Å². The van der Waals surface area contributed by atoms with E-state index >= 15 is 0 Å². The normalized spacial score (nSPS) is 18.2. The summed E-state index contributed by atoms with van der Waals surface area (Å²) in [4.78, 5) is 8.70. The topological polar surface area (TPSA) is 25.4 Å². The highest BCUT2D eigenvalue weighted by Crippen LogP contribution is 2.33. The molecule has 2 heterocycles. The average Bonchev–Trinajstić information content (AvgIpc) is 2.67. The lowest BCUT2D eigenvalue weighted by molar-refractivity contribution is -0.140. The molecule has 1 aliphatic rings. The standard InChI is InChI=1S/C8H9F3N2OS/c9-8(10,11)6-5-15-7(12-6)13-3-1-2-4-14-13/h5H,1-4H2. The number of rotatable bonds is 1. The second-order valence-electron chi connectivity index (χ2n) is 3.16. The fraction of sp³-hybridized carbons (Fsp3) is 0.625. The molecule has 0 radical (unpaired) electrons. The molecule has 2 rings (SSSR count). The molecule has 7 heteroatoms. The van der Waals surface area contributed by atoms with Crippen LogP contribution in [-0.2, 0) is 11.0 Å². The molecule has 1 fully saturated rings. The molecular weight excluding hydrogens is 229 g/mol. The Morgan fingerprint density at radius 3 is 2.73 bits per heavy atom. The van der Waals surface area contributed by atoms with Crippen molar-refractivity contribution in [3.05, 3.63) is 11.1 Å². The van der Waals surface area contributed by atoms with Crippen molar-refractivity contribution in [2.45, 2.75) is 19.0 Å².